The summed E-state index contributed by atoms with van der Waals surface area (Å²) in [6, 6.07) is 13.9. The van der Waals surface area contributed by atoms with Crippen LogP contribution in [-0.4, -0.2) is 0 Å². The zero-order valence-electron chi connectivity index (χ0n) is 8.87. The summed E-state index contributed by atoms with van der Waals surface area (Å²) in [4.78, 5) is 0. The molecule has 2 heteroatoms. The van der Waals surface area contributed by atoms with Gasteiger partial charge in [-0.1, -0.05) is 18.2 Å². The van der Waals surface area contributed by atoms with E-state index in [1.54, 1.807) is 18.2 Å². The second-order valence-electron chi connectivity index (χ2n) is 3.65. The van der Waals surface area contributed by atoms with E-state index in [0.717, 1.165) is 16.7 Å². The van der Waals surface area contributed by atoms with Crippen molar-refractivity contribution in [2.75, 3.05) is 0 Å². The maximum absolute atomic E-state index is 12.8. The van der Waals surface area contributed by atoms with Gasteiger partial charge >= 0.3 is 0 Å². The first kappa shape index (κ1) is 10.4. The molecule has 0 radical (unpaired) electrons. The molecule has 0 amide bonds. The van der Waals surface area contributed by atoms with Gasteiger partial charge in [0.15, 0.2) is 0 Å². The molecule has 16 heavy (non-hydrogen) atoms. The molecular weight excluding hydrogens is 201 g/mol. The number of benzene rings is 2. The highest BCUT2D eigenvalue weighted by molar-refractivity contribution is 5.68. The van der Waals surface area contributed by atoms with Crippen molar-refractivity contribution < 1.29 is 4.39 Å². The second kappa shape index (κ2) is 4.16. The van der Waals surface area contributed by atoms with Gasteiger partial charge in [-0.05, 0) is 47.9 Å². The van der Waals surface area contributed by atoms with Crippen LogP contribution in [0, 0.1) is 24.1 Å². The van der Waals surface area contributed by atoms with Crippen LogP contribution in [0.25, 0.3) is 11.1 Å². The van der Waals surface area contributed by atoms with Crippen LogP contribution in [0.2, 0.25) is 0 Å². The summed E-state index contributed by atoms with van der Waals surface area (Å²) in [7, 11) is 0. The summed E-state index contributed by atoms with van der Waals surface area (Å²) in [6.45, 7) is 1.97. The van der Waals surface area contributed by atoms with Gasteiger partial charge in [0.25, 0.3) is 0 Å². The van der Waals surface area contributed by atoms with E-state index in [-0.39, 0.29) is 5.82 Å². The molecular formula is C14H10FN. The fraction of sp³-hybridized carbons (Fsp3) is 0.0714. The Morgan fingerprint density at radius 3 is 2.38 bits per heavy atom. The number of hydrogen-bond acceptors (Lipinski definition) is 1. The lowest BCUT2D eigenvalue weighted by molar-refractivity contribution is 0.628. The third-order valence-corrected chi connectivity index (χ3v) is 2.52. The van der Waals surface area contributed by atoms with Crippen LogP contribution in [0.3, 0.4) is 0 Å². The Morgan fingerprint density at radius 2 is 1.75 bits per heavy atom. The Hall–Kier alpha value is -2.14. The fourth-order valence-corrected chi connectivity index (χ4v) is 1.63. The summed E-state index contributed by atoms with van der Waals surface area (Å²) in [5.74, 6) is -0.252. The Morgan fingerprint density at radius 1 is 1.06 bits per heavy atom. The van der Waals surface area contributed by atoms with E-state index in [0.29, 0.717) is 5.56 Å². The summed E-state index contributed by atoms with van der Waals surface area (Å²) < 4.78 is 12.8. The molecule has 0 unspecified atom stereocenters. The van der Waals surface area contributed by atoms with Crippen LogP contribution in [0.15, 0.2) is 42.5 Å². The normalized spacial score (nSPS) is 9.81. The summed E-state index contributed by atoms with van der Waals surface area (Å²) in [6.07, 6.45) is 0. The number of hydrogen-bond donors (Lipinski definition) is 0. The minimum absolute atomic E-state index is 0.252. The third-order valence-electron chi connectivity index (χ3n) is 2.52. The SMILES string of the molecule is Cc1ccc(C#N)cc1-c1ccc(F)cc1. The third kappa shape index (κ3) is 1.94. The van der Waals surface area contributed by atoms with Gasteiger partial charge in [-0.2, -0.15) is 5.26 Å². The quantitative estimate of drug-likeness (QED) is 0.706. The van der Waals surface area contributed by atoms with Crippen molar-refractivity contribution in [3.8, 4) is 17.2 Å². The lowest BCUT2D eigenvalue weighted by Gasteiger charge is -2.06. The van der Waals surface area contributed by atoms with Gasteiger partial charge in [-0.25, -0.2) is 4.39 Å². The molecule has 0 spiro atoms. The van der Waals surface area contributed by atoms with E-state index in [2.05, 4.69) is 6.07 Å². The highest BCUT2D eigenvalue weighted by atomic mass is 19.1. The largest absolute Gasteiger partial charge is 0.207 e. The first-order valence-corrected chi connectivity index (χ1v) is 4.97. The average molecular weight is 211 g/mol. The standard InChI is InChI=1S/C14H10FN/c1-10-2-3-11(9-16)8-14(10)12-4-6-13(15)7-5-12/h2-8H,1H3. The fourth-order valence-electron chi connectivity index (χ4n) is 1.63. The van der Waals surface area contributed by atoms with Crippen molar-refractivity contribution in [1.82, 2.24) is 0 Å². The lowest BCUT2D eigenvalue weighted by Crippen LogP contribution is -1.85. The number of nitrogens with zero attached hydrogens (tertiary/aromatic N) is 1. The first-order chi connectivity index (χ1) is 7.70. The molecule has 0 N–H and O–H groups in total. The number of halogens is 1. The van der Waals surface area contributed by atoms with Crippen LogP contribution in [-0.2, 0) is 0 Å². The summed E-state index contributed by atoms with van der Waals surface area (Å²) >= 11 is 0. The molecule has 0 heterocycles. The van der Waals surface area contributed by atoms with Crippen molar-refractivity contribution >= 4 is 0 Å². The maximum atomic E-state index is 12.8. The first-order valence-electron chi connectivity index (χ1n) is 4.97. The van der Waals surface area contributed by atoms with E-state index in [4.69, 9.17) is 5.26 Å². The Labute approximate surface area is 93.8 Å². The maximum Gasteiger partial charge on any atom is 0.123 e. The zero-order valence-corrected chi connectivity index (χ0v) is 8.87. The zero-order chi connectivity index (χ0) is 11.5. The molecule has 0 aliphatic carbocycles. The van der Waals surface area contributed by atoms with Gasteiger partial charge in [0, 0.05) is 0 Å². The molecule has 2 aromatic carbocycles. The van der Waals surface area contributed by atoms with Crippen LogP contribution in [0.1, 0.15) is 11.1 Å². The van der Waals surface area contributed by atoms with Gasteiger partial charge in [0.05, 0.1) is 11.6 Å². The summed E-state index contributed by atoms with van der Waals surface area (Å²) in [5.41, 5.74) is 3.59. The van der Waals surface area contributed by atoms with Gasteiger partial charge in [0.1, 0.15) is 5.82 Å². The van der Waals surface area contributed by atoms with E-state index >= 15 is 0 Å². The molecule has 2 aromatic rings. The van der Waals surface area contributed by atoms with E-state index in [1.165, 1.54) is 12.1 Å². The molecule has 0 atom stereocenters. The van der Waals surface area contributed by atoms with Crippen LogP contribution >= 0.6 is 0 Å². The van der Waals surface area contributed by atoms with Crippen molar-refractivity contribution in [3.05, 3.63) is 59.4 Å². The number of aryl methyl sites for hydroxylation is 1. The molecule has 0 saturated heterocycles. The van der Waals surface area contributed by atoms with Gasteiger partial charge in [-0.3, -0.25) is 0 Å². The predicted molar refractivity (Wildman–Crippen MR) is 61.3 cm³/mol. The highest BCUT2D eigenvalue weighted by Gasteiger charge is 2.03. The highest BCUT2D eigenvalue weighted by Crippen LogP contribution is 2.24. The Kier molecular flexibility index (Phi) is 2.70. The molecule has 78 valence electrons. The van der Waals surface area contributed by atoms with Crippen molar-refractivity contribution in [2.24, 2.45) is 0 Å². The van der Waals surface area contributed by atoms with Crippen molar-refractivity contribution in [3.63, 3.8) is 0 Å². The monoisotopic (exact) mass is 211 g/mol. The van der Waals surface area contributed by atoms with Crippen LogP contribution in [0.4, 0.5) is 4.39 Å². The van der Waals surface area contributed by atoms with E-state index in [1.807, 2.05) is 19.1 Å². The summed E-state index contributed by atoms with van der Waals surface area (Å²) in [5, 5.41) is 8.83. The van der Waals surface area contributed by atoms with Gasteiger partial charge in [0.2, 0.25) is 0 Å². The van der Waals surface area contributed by atoms with Crippen molar-refractivity contribution in [2.45, 2.75) is 6.92 Å². The van der Waals surface area contributed by atoms with Gasteiger partial charge < -0.3 is 0 Å². The molecule has 1 nitrogen and oxygen atoms in total. The molecule has 0 fully saturated rings. The van der Waals surface area contributed by atoms with Crippen LogP contribution in [0.5, 0.6) is 0 Å². The molecule has 0 aliphatic heterocycles. The van der Waals surface area contributed by atoms with Crippen molar-refractivity contribution in [1.29, 1.82) is 5.26 Å². The molecule has 0 saturated carbocycles. The second-order valence-corrected chi connectivity index (χ2v) is 3.65. The molecule has 2 rings (SSSR count). The average Bonchev–Trinajstić information content (AvgIpc) is 2.31. The number of rotatable bonds is 1. The minimum atomic E-state index is -0.252. The molecule has 0 aromatic heterocycles. The lowest BCUT2D eigenvalue weighted by atomic mass is 9.98. The van der Waals surface area contributed by atoms with Crippen LogP contribution < -0.4 is 0 Å². The smallest absolute Gasteiger partial charge is 0.123 e. The van der Waals surface area contributed by atoms with Gasteiger partial charge in [-0.15, -0.1) is 0 Å². The van der Waals surface area contributed by atoms with E-state index < -0.39 is 0 Å². The topological polar surface area (TPSA) is 23.8 Å². The Bertz CT molecular complexity index is 550. The molecule has 0 bridgehead atoms. The minimum Gasteiger partial charge on any atom is -0.207 e. The van der Waals surface area contributed by atoms with E-state index in [9.17, 15) is 4.39 Å². The predicted octanol–water partition coefficient (Wildman–Crippen LogP) is 3.67. The Balaban J connectivity index is 2.55. The molecule has 0 aliphatic rings. The number of nitriles is 1.